The first-order valence-corrected chi connectivity index (χ1v) is 12.0. The normalized spacial score (nSPS) is 16.8. The van der Waals surface area contributed by atoms with Crippen LogP contribution in [0.15, 0.2) is 30.7 Å². The minimum absolute atomic E-state index is 0.0205. The first-order chi connectivity index (χ1) is 17.0. The number of rotatable bonds is 7. The summed E-state index contributed by atoms with van der Waals surface area (Å²) in [4.78, 5) is 34.6. The zero-order valence-corrected chi connectivity index (χ0v) is 20.9. The molecule has 0 saturated carbocycles. The molecule has 1 fully saturated rings. The van der Waals surface area contributed by atoms with E-state index in [0.29, 0.717) is 25.2 Å². The minimum Gasteiger partial charge on any atom is -0.477 e. The second-order valence-electron chi connectivity index (χ2n) is 10.0. The fourth-order valence-corrected chi connectivity index (χ4v) is 4.45. The average Bonchev–Trinajstić information content (AvgIpc) is 3.43. The van der Waals surface area contributed by atoms with E-state index in [4.69, 9.17) is 4.74 Å². The van der Waals surface area contributed by atoms with Gasteiger partial charge in [-0.1, -0.05) is 0 Å². The Labute approximate surface area is 208 Å². The number of hydrogen-bond acceptors (Lipinski definition) is 7. The van der Waals surface area contributed by atoms with E-state index in [9.17, 15) is 19.1 Å². The van der Waals surface area contributed by atoms with Gasteiger partial charge in [-0.2, -0.15) is 5.10 Å². The van der Waals surface area contributed by atoms with Crippen LogP contribution < -0.4 is 10.2 Å². The van der Waals surface area contributed by atoms with Crippen LogP contribution in [0.2, 0.25) is 0 Å². The number of aromatic nitrogens is 4. The topological polar surface area (TPSA) is 122 Å². The number of nitrogens with one attached hydrogen (secondary N) is 1. The van der Waals surface area contributed by atoms with Gasteiger partial charge in [0.2, 0.25) is 0 Å². The molecule has 0 unspecified atom stereocenters. The smallest absolute Gasteiger partial charge is 0.407 e. The molecule has 2 N–H and O–H groups in total. The predicted molar refractivity (Wildman–Crippen MR) is 131 cm³/mol. The van der Waals surface area contributed by atoms with Crippen molar-refractivity contribution in [3.63, 3.8) is 0 Å². The van der Waals surface area contributed by atoms with Crippen LogP contribution in [0, 0.1) is 5.82 Å². The fourth-order valence-electron chi connectivity index (χ4n) is 4.45. The fraction of sp³-hybridized carbons (Fsp3) is 0.480. The lowest BCUT2D eigenvalue weighted by Crippen LogP contribution is -2.38. The molecule has 1 amide bonds. The molecule has 192 valence electrons. The van der Waals surface area contributed by atoms with Crippen molar-refractivity contribution >= 4 is 23.5 Å². The molecule has 0 radical (unpaired) electrons. The first-order valence-electron chi connectivity index (χ1n) is 12.0. The maximum Gasteiger partial charge on any atom is 0.407 e. The number of ether oxygens (including phenoxy) is 1. The number of fused-ring (bicyclic) bond motifs is 1. The van der Waals surface area contributed by atoms with Crippen LogP contribution >= 0.6 is 0 Å². The van der Waals surface area contributed by atoms with Crippen LogP contribution in [0.1, 0.15) is 74.6 Å². The number of hydrogen-bond donors (Lipinski definition) is 2. The summed E-state index contributed by atoms with van der Waals surface area (Å²) in [6.07, 6.45) is 6.46. The molecule has 1 saturated heterocycles. The molecule has 1 aliphatic heterocycles. The molecule has 3 aromatic rings. The summed E-state index contributed by atoms with van der Waals surface area (Å²) in [5.41, 5.74) is 1.21. The number of aromatic carboxylic acids is 1. The Morgan fingerprint density at radius 1 is 1.33 bits per heavy atom. The molecule has 2 atom stereocenters. The number of amides is 1. The number of carbonyl (C=O) groups is 2. The number of carboxylic acids is 1. The van der Waals surface area contributed by atoms with Crippen molar-refractivity contribution in [2.75, 3.05) is 11.4 Å². The van der Waals surface area contributed by atoms with Crippen LogP contribution in [0.4, 0.5) is 15.0 Å². The molecule has 36 heavy (non-hydrogen) atoms. The number of halogens is 1. The van der Waals surface area contributed by atoms with E-state index in [2.05, 4.69) is 25.3 Å². The highest BCUT2D eigenvalue weighted by molar-refractivity contribution is 5.94. The third-order valence-electron chi connectivity index (χ3n) is 6.04. The molecule has 3 aromatic heterocycles. The predicted octanol–water partition coefficient (Wildman–Crippen LogP) is 4.15. The van der Waals surface area contributed by atoms with Crippen LogP contribution in [0.3, 0.4) is 0 Å². The Bertz CT molecular complexity index is 1270. The van der Waals surface area contributed by atoms with E-state index >= 15 is 0 Å². The summed E-state index contributed by atoms with van der Waals surface area (Å²) in [7, 11) is 0. The number of anilines is 1. The van der Waals surface area contributed by atoms with Gasteiger partial charge in [-0.3, -0.25) is 4.98 Å². The third-order valence-corrected chi connectivity index (χ3v) is 6.04. The van der Waals surface area contributed by atoms with Crippen LogP contribution in [0.25, 0.3) is 5.65 Å². The maximum atomic E-state index is 14.3. The van der Waals surface area contributed by atoms with Crippen molar-refractivity contribution in [1.82, 2.24) is 24.9 Å². The van der Waals surface area contributed by atoms with Gasteiger partial charge >= 0.3 is 12.1 Å². The lowest BCUT2D eigenvalue weighted by Gasteiger charge is -2.28. The molecular formula is C25H31FN6O4. The van der Waals surface area contributed by atoms with Gasteiger partial charge in [-0.05, 0) is 71.1 Å². The Balaban J connectivity index is 1.54. The van der Waals surface area contributed by atoms with Gasteiger partial charge in [-0.15, -0.1) is 0 Å². The van der Waals surface area contributed by atoms with E-state index in [-0.39, 0.29) is 23.3 Å². The van der Waals surface area contributed by atoms with Crippen LogP contribution in [0.5, 0.6) is 0 Å². The lowest BCUT2D eigenvalue weighted by atomic mass is 9.98. The first kappa shape index (κ1) is 25.3. The van der Waals surface area contributed by atoms with E-state index in [1.54, 1.807) is 33.0 Å². The zero-order valence-electron chi connectivity index (χ0n) is 20.9. The SMILES string of the molecule is C[C@H](CCc1ncc(F)cc1[C@H]1CCCN1c1ccn2ncc(C(=O)O)c2n1)NC(=O)OC(C)(C)C. The zero-order chi connectivity index (χ0) is 26.0. The molecule has 0 bridgehead atoms. The Morgan fingerprint density at radius 3 is 2.83 bits per heavy atom. The molecule has 0 aliphatic carbocycles. The Hall–Kier alpha value is -3.76. The highest BCUT2D eigenvalue weighted by Gasteiger charge is 2.30. The molecule has 10 nitrogen and oxygen atoms in total. The van der Waals surface area contributed by atoms with Crippen molar-refractivity contribution in [3.8, 4) is 0 Å². The number of nitrogens with zero attached hydrogens (tertiary/aromatic N) is 5. The van der Waals surface area contributed by atoms with Crippen molar-refractivity contribution in [2.45, 2.75) is 71.1 Å². The van der Waals surface area contributed by atoms with Gasteiger partial charge in [0.05, 0.1) is 18.4 Å². The molecule has 4 heterocycles. The summed E-state index contributed by atoms with van der Waals surface area (Å²) >= 11 is 0. The van der Waals surface area contributed by atoms with Crippen molar-refractivity contribution in [1.29, 1.82) is 0 Å². The van der Waals surface area contributed by atoms with Gasteiger partial charge in [-0.25, -0.2) is 23.5 Å². The van der Waals surface area contributed by atoms with E-state index in [1.165, 1.54) is 23.0 Å². The van der Waals surface area contributed by atoms with Crippen LogP contribution in [-0.4, -0.2) is 54.9 Å². The van der Waals surface area contributed by atoms with E-state index in [1.807, 2.05) is 6.92 Å². The largest absolute Gasteiger partial charge is 0.477 e. The highest BCUT2D eigenvalue weighted by atomic mass is 19.1. The summed E-state index contributed by atoms with van der Waals surface area (Å²) in [5.74, 6) is -0.922. The second kappa shape index (κ2) is 10.1. The van der Waals surface area contributed by atoms with Crippen molar-refractivity contribution in [3.05, 3.63) is 53.4 Å². The number of aryl methyl sites for hydroxylation is 1. The van der Waals surface area contributed by atoms with Crippen LogP contribution in [-0.2, 0) is 11.2 Å². The summed E-state index contributed by atoms with van der Waals surface area (Å²) in [6, 6.07) is 2.96. The monoisotopic (exact) mass is 498 g/mol. The molecule has 1 aliphatic rings. The number of carboxylic acid groups (broad SMARTS) is 1. The lowest BCUT2D eigenvalue weighted by molar-refractivity contribution is 0.0505. The van der Waals surface area contributed by atoms with Gasteiger partial charge in [0.25, 0.3) is 0 Å². The highest BCUT2D eigenvalue weighted by Crippen LogP contribution is 2.37. The van der Waals surface area contributed by atoms with Gasteiger partial charge < -0.3 is 20.1 Å². The molecule has 11 heteroatoms. The average molecular weight is 499 g/mol. The number of carbonyl (C=O) groups excluding carboxylic acids is 1. The van der Waals surface area contributed by atoms with Gasteiger partial charge in [0, 0.05) is 24.5 Å². The second-order valence-corrected chi connectivity index (χ2v) is 10.0. The van der Waals surface area contributed by atoms with E-state index < -0.39 is 23.5 Å². The minimum atomic E-state index is -1.10. The standard InChI is InChI=1S/C25H31FN6O4/c1-15(29-24(35)36-25(2,3)4)7-8-19-17(12-16(26)13-27-19)20-6-5-10-31(20)21-9-11-32-22(30-21)18(14-28-32)23(33)34/h9,11-15,20H,5-8,10H2,1-4H3,(H,29,35)(H,33,34)/t15-,20-/m1/s1. The van der Waals surface area contributed by atoms with Crippen molar-refractivity contribution < 1.29 is 23.8 Å². The number of pyridine rings is 1. The van der Waals surface area contributed by atoms with Gasteiger partial charge in [0.15, 0.2) is 5.65 Å². The maximum absolute atomic E-state index is 14.3. The summed E-state index contributed by atoms with van der Waals surface area (Å²) < 4.78 is 21.1. The van der Waals surface area contributed by atoms with Crippen molar-refractivity contribution in [2.24, 2.45) is 0 Å². The molecule has 0 aromatic carbocycles. The number of alkyl carbamates (subject to hydrolysis) is 1. The quantitative estimate of drug-likeness (QED) is 0.498. The summed E-state index contributed by atoms with van der Waals surface area (Å²) in [5, 5.41) is 16.3. The van der Waals surface area contributed by atoms with E-state index in [0.717, 1.165) is 24.1 Å². The molecule has 4 rings (SSSR count). The van der Waals surface area contributed by atoms with Gasteiger partial charge in [0.1, 0.15) is 22.8 Å². The third kappa shape index (κ3) is 5.72. The molecule has 0 spiro atoms. The Morgan fingerprint density at radius 2 is 2.11 bits per heavy atom. The molecular weight excluding hydrogens is 467 g/mol. The summed E-state index contributed by atoms with van der Waals surface area (Å²) in [6.45, 7) is 8.00. The Kier molecular flexibility index (Phi) is 7.09.